The van der Waals surface area contributed by atoms with Gasteiger partial charge in [0, 0.05) is 31.4 Å². The lowest BCUT2D eigenvalue weighted by Crippen LogP contribution is -2.51. The minimum absolute atomic E-state index is 0.00968. The van der Waals surface area contributed by atoms with Crippen LogP contribution in [0, 0.1) is 17.1 Å². The van der Waals surface area contributed by atoms with Gasteiger partial charge in [-0.1, -0.05) is 6.07 Å². The highest BCUT2D eigenvalue weighted by atomic mass is 32.2. The van der Waals surface area contributed by atoms with E-state index in [1.165, 1.54) is 41.6 Å². The van der Waals surface area contributed by atoms with E-state index in [2.05, 4.69) is 9.97 Å². The van der Waals surface area contributed by atoms with Crippen LogP contribution >= 0.6 is 0 Å². The van der Waals surface area contributed by atoms with Crippen molar-refractivity contribution in [2.24, 2.45) is 0 Å². The third-order valence-corrected chi connectivity index (χ3v) is 7.11. The van der Waals surface area contributed by atoms with Crippen molar-refractivity contribution in [3.8, 4) is 17.6 Å². The molecular formula is C25H26FN5O7S2. The van der Waals surface area contributed by atoms with Crippen molar-refractivity contribution in [2.75, 3.05) is 32.1 Å². The van der Waals surface area contributed by atoms with Gasteiger partial charge in [0.25, 0.3) is 0 Å². The maximum Gasteiger partial charge on any atom is 0.306 e. The average Bonchev–Trinajstić information content (AvgIpc) is 3.38. The quantitative estimate of drug-likeness (QED) is 0.344. The summed E-state index contributed by atoms with van der Waals surface area (Å²) in [5.74, 6) is -1.02. The van der Waals surface area contributed by atoms with Crippen LogP contribution in [-0.2, 0) is 38.0 Å². The number of nitrogens with one attached hydrogen (secondary N) is 1. The van der Waals surface area contributed by atoms with Gasteiger partial charge in [-0.3, -0.25) is 9.69 Å². The van der Waals surface area contributed by atoms with Gasteiger partial charge < -0.3 is 18.3 Å². The summed E-state index contributed by atoms with van der Waals surface area (Å²) in [6, 6.07) is 9.66. The molecule has 2 heterocycles. The summed E-state index contributed by atoms with van der Waals surface area (Å²) >= 11 is 0. The number of aromatic amines is 1. The van der Waals surface area contributed by atoms with Crippen molar-refractivity contribution in [2.45, 2.75) is 19.0 Å². The van der Waals surface area contributed by atoms with Crippen molar-refractivity contribution in [1.82, 2.24) is 19.8 Å². The Hall–Kier alpha value is -4.00. The Bertz CT molecular complexity index is 1650. The molecule has 2 aromatic carbocycles. The smallest absolute Gasteiger partial charge is 0.306 e. The fraction of sp³-hybridized carbons (Fsp3) is 0.320. The zero-order valence-corrected chi connectivity index (χ0v) is 23.2. The molecule has 0 bridgehead atoms. The molecule has 0 spiro atoms. The molecule has 1 fully saturated rings. The first-order chi connectivity index (χ1) is 18.8. The summed E-state index contributed by atoms with van der Waals surface area (Å²) in [6.45, 7) is 0.592. The van der Waals surface area contributed by atoms with Crippen LogP contribution in [0.4, 0.5) is 4.39 Å². The number of nitrogens with zero attached hydrogens (tertiary/aromatic N) is 4. The first-order valence-electron chi connectivity index (χ1n) is 11.9. The van der Waals surface area contributed by atoms with E-state index in [0.29, 0.717) is 18.5 Å². The number of amides is 1. The summed E-state index contributed by atoms with van der Waals surface area (Å²) in [5, 5.41) is 9.02. The summed E-state index contributed by atoms with van der Waals surface area (Å²) in [5.41, 5.74) is 1.54. The number of nitriles is 1. The molecule has 1 saturated heterocycles. The van der Waals surface area contributed by atoms with Crippen LogP contribution in [0.15, 0.2) is 48.9 Å². The number of aromatic nitrogens is 2. The third-order valence-electron chi connectivity index (χ3n) is 6.13. The molecule has 1 atom stereocenters. The summed E-state index contributed by atoms with van der Waals surface area (Å²) in [6.07, 6.45) is 5.23. The normalized spacial score (nSPS) is 15.4. The number of hydrogen-bond acceptors (Lipinski definition) is 10. The maximum atomic E-state index is 14.3. The topological polar surface area (TPSA) is 163 Å². The molecule has 0 aliphatic carbocycles. The van der Waals surface area contributed by atoms with E-state index in [1.54, 1.807) is 18.3 Å². The lowest BCUT2D eigenvalue weighted by Gasteiger charge is -2.38. The van der Waals surface area contributed by atoms with Crippen molar-refractivity contribution in [1.29, 1.82) is 5.26 Å². The minimum atomic E-state index is -3.91. The van der Waals surface area contributed by atoms with Crippen molar-refractivity contribution in [3.05, 3.63) is 77.1 Å². The number of rotatable bonds is 10. The van der Waals surface area contributed by atoms with Crippen LogP contribution in [-0.4, -0.2) is 74.7 Å². The second kappa shape index (κ2) is 11.6. The Morgan fingerprint density at radius 1 is 1.10 bits per heavy atom. The van der Waals surface area contributed by atoms with E-state index >= 15 is 0 Å². The van der Waals surface area contributed by atoms with Gasteiger partial charge >= 0.3 is 20.2 Å². The molecular weight excluding hydrogens is 565 g/mol. The highest BCUT2D eigenvalue weighted by molar-refractivity contribution is 7.86. The number of hydrogen-bond donors (Lipinski definition) is 1. The van der Waals surface area contributed by atoms with Crippen molar-refractivity contribution >= 4 is 26.1 Å². The molecule has 1 N–H and O–H groups in total. The fourth-order valence-electron chi connectivity index (χ4n) is 4.40. The van der Waals surface area contributed by atoms with Gasteiger partial charge in [-0.05, 0) is 42.3 Å². The number of halogens is 1. The molecule has 15 heteroatoms. The molecule has 1 aliphatic heterocycles. The fourth-order valence-corrected chi connectivity index (χ4v) is 5.34. The first kappa shape index (κ1) is 29.0. The van der Waals surface area contributed by atoms with Crippen LogP contribution in [0.2, 0.25) is 0 Å². The number of H-pyrrole nitrogens is 1. The Kier molecular flexibility index (Phi) is 8.43. The molecule has 4 rings (SSSR count). The molecule has 212 valence electrons. The van der Waals surface area contributed by atoms with E-state index in [4.69, 9.17) is 13.6 Å². The van der Waals surface area contributed by atoms with E-state index < -0.39 is 26.1 Å². The Labute approximate surface area is 231 Å². The largest absolute Gasteiger partial charge is 0.383 e. The number of carbonyl (C=O) groups excluding carboxylic acids is 1. The number of imidazole rings is 1. The Balaban J connectivity index is 1.54. The van der Waals surface area contributed by atoms with Gasteiger partial charge in [-0.15, -0.1) is 0 Å². The van der Waals surface area contributed by atoms with E-state index in [1.807, 2.05) is 4.90 Å². The minimum Gasteiger partial charge on any atom is -0.383 e. The predicted octanol–water partition coefficient (Wildman–Crippen LogP) is 1.73. The summed E-state index contributed by atoms with van der Waals surface area (Å²) < 4.78 is 70.9. The van der Waals surface area contributed by atoms with Gasteiger partial charge in [-0.25, -0.2) is 9.37 Å². The third kappa shape index (κ3) is 7.56. The molecule has 0 radical (unpaired) electrons. The molecule has 1 amide bonds. The van der Waals surface area contributed by atoms with Crippen LogP contribution < -0.4 is 8.37 Å². The van der Waals surface area contributed by atoms with E-state index in [9.17, 15) is 26.0 Å². The lowest BCUT2D eigenvalue weighted by atomic mass is 10.00. The SMILES string of the molecule is CS(=O)(=O)Oc1ccc(OS(C)(=O)=O)c(CN2CCN(C(Cc3ccc(C#N)c(F)c3)c3cnc[nH]3)CC2=O)c1. The molecule has 12 nitrogen and oxygen atoms in total. The summed E-state index contributed by atoms with van der Waals surface area (Å²) in [7, 11) is -7.76. The highest BCUT2D eigenvalue weighted by Crippen LogP contribution is 2.30. The van der Waals surface area contributed by atoms with Gasteiger partial charge in [-0.2, -0.15) is 22.1 Å². The van der Waals surface area contributed by atoms with Gasteiger partial charge in [0.2, 0.25) is 5.91 Å². The predicted molar refractivity (Wildman–Crippen MR) is 141 cm³/mol. The van der Waals surface area contributed by atoms with Gasteiger partial charge in [0.05, 0.1) is 42.7 Å². The highest BCUT2D eigenvalue weighted by Gasteiger charge is 2.31. The second-order valence-electron chi connectivity index (χ2n) is 9.28. The standard InChI is InChI=1S/C25H26FN5O7S2/c1-39(33,34)37-20-5-6-24(38-40(2,35)36)19(11-20)14-31-8-7-30(15-25(31)32)23(22-13-28-16-29-22)10-17-3-4-18(12-27)21(26)9-17/h3-6,9,11,13,16,23H,7-8,10,14-15H2,1-2H3,(H,28,29). The summed E-state index contributed by atoms with van der Waals surface area (Å²) in [4.78, 5) is 23.8. The van der Waals surface area contributed by atoms with Crippen LogP contribution in [0.3, 0.4) is 0 Å². The van der Waals surface area contributed by atoms with Gasteiger partial charge in [0.1, 0.15) is 23.4 Å². The zero-order valence-electron chi connectivity index (χ0n) is 21.6. The second-order valence-corrected chi connectivity index (χ2v) is 12.4. The van der Waals surface area contributed by atoms with Crippen molar-refractivity contribution in [3.63, 3.8) is 0 Å². The molecule has 1 aromatic heterocycles. The van der Waals surface area contributed by atoms with Crippen LogP contribution in [0.1, 0.15) is 28.4 Å². The average molecular weight is 592 g/mol. The Morgan fingerprint density at radius 2 is 1.85 bits per heavy atom. The van der Waals surface area contributed by atoms with E-state index in [0.717, 1.165) is 18.2 Å². The Morgan fingerprint density at radius 3 is 2.45 bits per heavy atom. The molecule has 1 aliphatic rings. The number of carbonyl (C=O) groups is 1. The number of benzene rings is 2. The molecule has 40 heavy (non-hydrogen) atoms. The molecule has 1 unspecified atom stereocenters. The van der Waals surface area contributed by atoms with Crippen LogP contribution in [0.25, 0.3) is 0 Å². The van der Waals surface area contributed by atoms with Crippen LogP contribution in [0.5, 0.6) is 11.5 Å². The monoisotopic (exact) mass is 591 g/mol. The van der Waals surface area contributed by atoms with Crippen molar-refractivity contribution < 1.29 is 34.4 Å². The lowest BCUT2D eigenvalue weighted by molar-refractivity contribution is -0.137. The molecule has 3 aromatic rings. The first-order valence-corrected chi connectivity index (χ1v) is 15.5. The zero-order chi connectivity index (χ0) is 29.1. The number of piperazine rings is 1. The molecule has 0 saturated carbocycles. The van der Waals surface area contributed by atoms with Gasteiger partial charge in [0.15, 0.2) is 0 Å². The maximum absolute atomic E-state index is 14.3. The van der Waals surface area contributed by atoms with E-state index in [-0.39, 0.29) is 54.2 Å².